The third kappa shape index (κ3) is 1.90. The third-order valence-electron chi connectivity index (χ3n) is 1.56. The summed E-state index contributed by atoms with van der Waals surface area (Å²) < 4.78 is 0. The summed E-state index contributed by atoms with van der Waals surface area (Å²) in [6.07, 6.45) is 3.53. The molecule has 0 atom stereocenters. The van der Waals surface area contributed by atoms with Crippen molar-refractivity contribution in [3.05, 3.63) is 22.7 Å². The summed E-state index contributed by atoms with van der Waals surface area (Å²) in [5.41, 5.74) is 1.02. The molecule has 11 heavy (non-hydrogen) atoms. The zero-order valence-corrected chi connectivity index (χ0v) is 7.52. The van der Waals surface area contributed by atoms with E-state index in [0.717, 1.165) is 24.2 Å². The van der Waals surface area contributed by atoms with E-state index >= 15 is 0 Å². The Bertz CT molecular complexity index is 248. The van der Waals surface area contributed by atoms with Gasteiger partial charge >= 0.3 is 0 Å². The maximum atomic E-state index is 5.86. The monoisotopic (exact) mass is 170 g/mol. The van der Waals surface area contributed by atoms with Crippen LogP contribution in [0.25, 0.3) is 0 Å². The van der Waals surface area contributed by atoms with Gasteiger partial charge in [-0.3, -0.25) is 0 Å². The highest BCUT2D eigenvalue weighted by atomic mass is 35.5. The van der Waals surface area contributed by atoms with Crippen molar-refractivity contribution in [2.24, 2.45) is 0 Å². The maximum Gasteiger partial charge on any atom is 0.135 e. The SMILES string of the molecule is CCc1ncc(CC)c(Cl)n1. The van der Waals surface area contributed by atoms with Gasteiger partial charge in [-0.2, -0.15) is 0 Å². The van der Waals surface area contributed by atoms with Gasteiger partial charge in [0.2, 0.25) is 0 Å². The second kappa shape index (κ2) is 3.67. The van der Waals surface area contributed by atoms with Gasteiger partial charge in [0.05, 0.1) is 0 Å². The Morgan fingerprint density at radius 1 is 1.36 bits per heavy atom. The minimum Gasteiger partial charge on any atom is -0.241 e. The molecule has 0 saturated heterocycles. The molecule has 1 rings (SSSR count). The van der Waals surface area contributed by atoms with Crippen LogP contribution in [0, 0.1) is 0 Å². The second-order valence-corrected chi connectivity index (χ2v) is 2.67. The van der Waals surface area contributed by atoms with Crippen LogP contribution in [-0.2, 0) is 12.8 Å². The first-order valence-electron chi connectivity index (χ1n) is 3.78. The van der Waals surface area contributed by atoms with Gasteiger partial charge in [0, 0.05) is 18.2 Å². The van der Waals surface area contributed by atoms with E-state index in [2.05, 4.69) is 9.97 Å². The zero-order valence-electron chi connectivity index (χ0n) is 6.76. The van der Waals surface area contributed by atoms with Crippen molar-refractivity contribution in [3.8, 4) is 0 Å². The molecule has 0 radical (unpaired) electrons. The topological polar surface area (TPSA) is 25.8 Å². The van der Waals surface area contributed by atoms with Crippen LogP contribution >= 0.6 is 11.6 Å². The van der Waals surface area contributed by atoms with E-state index in [1.807, 2.05) is 13.8 Å². The molecule has 2 nitrogen and oxygen atoms in total. The van der Waals surface area contributed by atoms with Crippen LogP contribution in [0.15, 0.2) is 6.20 Å². The van der Waals surface area contributed by atoms with Gasteiger partial charge in [0.1, 0.15) is 11.0 Å². The van der Waals surface area contributed by atoms with Crippen LogP contribution < -0.4 is 0 Å². The summed E-state index contributed by atoms with van der Waals surface area (Å²) in [5, 5.41) is 0.597. The van der Waals surface area contributed by atoms with Gasteiger partial charge in [0.25, 0.3) is 0 Å². The van der Waals surface area contributed by atoms with Crippen molar-refractivity contribution < 1.29 is 0 Å². The molecule has 3 heteroatoms. The molecule has 1 heterocycles. The molecule has 0 aliphatic rings. The average Bonchev–Trinajstić information content (AvgIpc) is 2.04. The maximum absolute atomic E-state index is 5.86. The van der Waals surface area contributed by atoms with Crippen LogP contribution in [0.3, 0.4) is 0 Å². The van der Waals surface area contributed by atoms with E-state index in [1.165, 1.54) is 0 Å². The fourth-order valence-corrected chi connectivity index (χ4v) is 1.11. The van der Waals surface area contributed by atoms with Crippen molar-refractivity contribution in [2.45, 2.75) is 26.7 Å². The molecule has 0 aliphatic heterocycles. The normalized spacial score (nSPS) is 10.1. The molecule has 1 aromatic heterocycles. The first kappa shape index (κ1) is 8.47. The molecular formula is C8H11ClN2. The largest absolute Gasteiger partial charge is 0.241 e. The Morgan fingerprint density at radius 3 is 2.55 bits per heavy atom. The fraction of sp³-hybridized carbons (Fsp3) is 0.500. The van der Waals surface area contributed by atoms with Crippen molar-refractivity contribution in [2.75, 3.05) is 0 Å². The molecule has 0 aromatic carbocycles. The second-order valence-electron chi connectivity index (χ2n) is 2.31. The van der Waals surface area contributed by atoms with Crippen LogP contribution in [0.5, 0.6) is 0 Å². The summed E-state index contributed by atoms with van der Waals surface area (Å²) in [6, 6.07) is 0. The van der Waals surface area contributed by atoms with Crippen molar-refractivity contribution in [3.63, 3.8) is 0 Å². The Kier molecular flexibility index (Phi) is 2.83. The van der Waals surface area contributed by atoms with Crippen molar-refractivity contribution >= 4 is 11.6 Å². The third-order valence-corrected chi connectivity index (χ3v) is 1.89. The van der Waals surface area contributed by atoms with E-state index in [9.17, 15) is 0 Å². The smallest absolute Gasteiger partial charge is 0.135 e. The highest BCUT2D eigenvalue weighted by molar-refractivity contribution is 6.30. The number of aromatic nitrogens is 2. The summed E-state index contributed by atoms with van der Waals surface area (Å²) >= 11 is 5.86. The predicted molar refractivity (Wildman–Crippen MR) is 45.8 cm³/mol. The van der Waals surface area contributed by atoms with Gasteiger partial charge < -0.3 is 0 Å². The van der Waals surface area contributed by atoms with Crippen LogP contribution in [0.4, 0.5) is 0 Å². The zero-order chi connectivity index (χ0) is 8.27. The van der Waals surface area contributed by atoms with Gasteiger partial charge in [-0.1, -0.05) is 25.4 Å². The number of hydrogen-bond acceptors (Lipinski definition) is 2. The lowest BCUT2D eigenvalue weighted by atomic mass is 10.3. The van der Waals surface area contributed by atoms with E-state index < -0.39 is 0 Å². The summed E-state index contributed by atoms with van der Waals surface area (Å²) in [6.45, 7) is 4.05. The lowest BCUT2D eigenvalue weighted by Gasteiger charge is -2.00. The standard InChI is InChI=1S/C8H11ClN2/c1-3-6-5-10-7(4-2)11-8(6)9/h5H,3-4H2,1-2H3. The number of nitrogens with zero attached hydrogens (tertiary/aromatic N) is 2. The van der Waals surface area contributed by atoms with Gasteiger partial charge in [0.15, 0.2) is 0 Å². The molecule has 0 aliphatic carbocycles. The van der Waals surface area contributed by atoms with Gasteiger partial charge in [-0.15, -0.1) is 0 Å². The number of halogens is 1. The average molecular weight is 171 g/mol. The quantitative estimate of drug-likeness (QED) is 0.637. The number of rotatable bonds is 2. The minimum atomic E-state index is 0.597. The first-order valence-corrected chi connectivity index (χ1v) is 4.16. The number of hydrogen-bond donors (Lipinski definition) is 0. The molecule has 0 fully saturated rings. The van der Waals surface area contributed by atoms with Gasteiger partial charge in [-0.05, 0) is 6.42 Å². The molecule has 1 aromatic rings. The van der Waals surface area contributed by atoms with E-state index in [1.54, 1.807) is 6.20 Å². The summed E-state index contributed by atoms with van der Waals surface area (Å²) in [7, 11) is 0. The lowest BCUT2D eigenvalue weighted by Crippen LogP contribution is -1.95. The van der Waals surface area contributed by atoms with Crippen LogP contribution in [-0.4, -0.2) is 9.97 Å². The first-order chi connectivity index (χ1) is 5.27. The Hall–Kier alpha value is -0.630. The summed E-state index contributed by atoms with van der Waals surface area (Å²) in [4.78, 5) is 8.25. The molecular weight excluding hydrogens is 160 g/mol. The fourth-order valence-electron chi connectivity index (χ4n) is 0.827. The van der Waals surface area contributed by atoms with E-state index in [4.69, 9.17) is 11.6 Å². The molecule has 0 spiro atoms. The van der Waals surface area contributed by atoms with E-state index in [-0.39, 0.29) is 0 Å². The molecule has 60 valence electrons. The number of aryl methyl sites for hydroxylation is 2. The highest BCUT2D eigenvalue weighted by Gasteiger charge is 2.00. The Labute approximate surface area is 71.6 Å². The summed E-state index contributed by atoms with van der Waals surface area (Å²) in [5.74, 6) is 0.812. The molecule has 0 N–H and O–H groups in total. The van der Waals surface area contributed by atoms with Crippen LogP contribution in [0.1, 0.15) is 25.2 Å². The molecule has 0 saturated carbocycles. The van der Waals surface area contributed by atoms with Crippen LogP contribution in [0.2, 0.25) is 5.15 Å². The Balaban J connectivity index is 2.99. The minimum absolute atomic E-state index is 0.597. The molecule has 0 bridgehead atoms. The van der Waals surface area contributed by atoms with Gasteiger partial charge in [-0.25, -0.2) is 9.97 Å². The van der Waals surface area contributed by atoms with Crippen molar-refractivity contribution in [1.82, 2.24) is 9.97 Å². The lowest BCUT2D eigenvalue weighted by molar-refractivity contribution is 0.914. The predicted octanol–water partition coefficient (Wildman–Crippen LogP) is 2.25. The molecule has 0 amide bonds. The Morgan fingerprint density at radius 2 is 2.09 bits per heavy atom. The van der Waals surface area contributed by atoms with Crippen molar-refractivity contribution in [1.29, 1.82) is 0 Å². The van der Waals surface area contributed by atoms with E-state index in [0.29, 0.717) is 5.15 Å². The highest BCUT2D eigenvalue weighted by Crippen LogP contribution is 2.11. The molecule has 0 unspecified atom stereocenters.